The van der Waals surface area contributed by atoms with E-state index in [1.165, 1.54) is 25.7 Å². The van der Waals surface area contributed by atoms with Crippen LogP contribution in [0.3, 0.4) is 0 Å². The molecule has 2 fully saturated rings. The van der Waals surface area contributed by atoms with Crippen molar-refractivity contribution in [3.8, 4) is 0 Å². The Morgan fingerprint density at radius 1 is 1.45 bits per heavy atom. The van der Waals surface area contributed by atoms with Crippen LogP contribution in [0.15, 0.2) is 4.99 Å². The van der Waals surface area contributed by atoms with Gasteiger partial charge in [0.25, 0.3) is 0 Å². The molecule has 0 spiro atoms. The van der Waals surface area contributed by atoms with Crippen molar-refractivity contribution in [1.82, 2.24) is 0 Å². The molecule has 2 rings (SSSR count). The van der Waals surface area contributed by atoms with E-state index < -0.39 is 0 Å². The molecule has 60 valence electrons. The standard InChI is InChI=1S/C9H13NO/c11-6-10-5-8-4-7-2-1-3-9(7)8/h7-9H,1-5H2/t7-,8-,9-/m1/s1. The highest BCUT2D eigenvalue weighted by atomic mass is 16.1. The maximum atomic E-state index is 9.85. The molecule has 0 amide bonds. The predicted molar refractivity (Wildman–Crippen MR) is 41.9 cm³/mol. The summed E-state index contributed by atoms with van der Waals surface area (Å²) in [5, 5.41) is 0. The lowest BCUT2D eigenvalue weighted by atomic mass is 9.67. The number of hydrogen-bond donors (Lipinski definition) is 0. The van der Waals surface area contributed by atoms with Gasteiger partial charge in [0.15, 0.2) is 0 Å². The van der Waals surface area contributed by atoms with E-state index >= 15 is 0 Å². The van der Waals surface area contributed by atoms with E-state index in [2.05, 4.69) is 4.99 Å². The summed E-state index contributed by atoms with van der Waals surface area (Å²) in [4.78, 5) is 13.5. The van der Waals surface area contributed by atoms with Crippen molar-refractivity contribution in [2.75, 3.05) is 6.54 Å². The van der Waals surface area contributed by atoms with E-state index in [0.717, 1.165) is 24.3 Å². The lowest BCUT2D eigenvalue weighted by Crippen LogP contribution is -2.34. The molecule has 0 radical (unpaired) electrons. The third-order valence-corrected chi connectivity index (χ3v) is 3.32. The van der Waals surface area contributed by atoms with Gasteiger partial charge < -0.3 is 0 Å². The molecule has 2 aliphatic carbocycles. The van der Waals surface area contributed by atoms with Crippen molar-refractivity contribution in [3.63, 3.8) is 0 Å². The van der Waals surface area contributed by atoms with Gasteiger partial charge >= 0.3 is 0 Å². The van der Waals surface area contributed by atoms with Crippen molar-refractivity contribution in [1.29, 1.82) is 0 Å². The Morgan fingerprint density at radius 2 is 2.36 bits per heavy atom. The molecule has 0 aromatic heterocycles. The molecule has 0 aliphatic heterocycles. The molecule has 2 nitrogen and oxygen atoms in total. The highest BCUT2D eigenvalue weighted by molar-refractivity contribution is 5.32. The molecule has 2 aliphatic rings. The van der Waals surface area contributed by atoms with Crippen molar-refractivity contribution in [2.24, 2.45) is 22.7 Å². The second-order valence-electron chi connectivity index (χ2n) is 3.78. The molecule has 0 unspecified atom stereocenters. The Balaban J connectivity index is 1.85. The summed E-state index contributed by atoms with van der Waals surface area (Å²) in [6, 6.07) is 0. The van der Waals surface area contributed by atoms with Gasteiger partial charge in [-0.25, -0.2) is 9.79 Å². The SMILES string of the molecule is O=C=NC[C@H]1C[C@H]2CCC[C@H]21. The second kappa shape index (κ2) is 2.78. The zero-order valence-electron chi connectivity index (χ0n) is 6.62. The zero-order chi connectivity index (χ0) is 7.68. The van der Waals surface area contributed by atoms with Gasteiger partial charge in [0, 0.05) is 0 Å². The van der Waals surface area contributed by atoms with Gasteiger partial charge in [0.05, 0.1) is 6.54 Å². The molecule has 2 heteroatoms. The minimum absolute atomic E-state index is 0.726. The van der Waals surface area contributed by atoms with E-state index in [1.54, 1.807) is 6.08 Å². The van der Waals surface area contributed by atoms with E-state index in [9.17, 15) is 4.79 Å². The lowest BCUT2D eigenvalue weighted by molar-refractivity contribution is 0.111. The first-order valence-electron chi connectivity index (χ1n) is 4.45. The quantitative estimate of drug-likeness (QED) is 0.436. The zero-order valence-corrected chi connectivity index (χ0v) is 6.62. The van der Waals surface area contributed by atoms with E-state index in [0.29, 0.717) is 0 Å². The first kappa shape index (κ1) is 7.05. The first-order chi connectivity index (χ1) is 5.42. The average molecular weight is 151 g/mol. The molecule has 11 heavy (non-hydrogen) atoms. The summed E-state index contributed by atoms with van der Waals surface area (Å²) in [7, 11) is 0. The van der Waals surface area contributed by atoms with Crippen LogP contribution in [0.5, 0.6) is 0 Å². The van der Waals surface area contributed by atoms with Gasteiger partial charge in [0.2, 0.25) is 6.08 Å². The maximum absolute atomic E-state index is 9.85. The van der Waals surface area contributed by atoms with Gasteiger partial charge in [0.1, 0.15) is 0 Å². The molecular weight excluding hydrogens is 138 g/mol. The normalized spacial score (nSPS) is 40.5. The predicted octanol–water partition coefficient (Wildman–Crippen LogP) is 1.76. The number of hydrogen-bond acceptors (Lipinski definition) is 2. The molecule has 0 aromatic carbocycles. The molecule has 0 heterocycles. The Bertz CT molecular complexity index is 196. The molecular formula is C9H13NO. The number of fused-ring (bicyclic) bond motifs is 1. The summed E-state index contributed by atoms with van der Waals surface area (Å²) < 4.78 is 0. The van der Waals surface area contributed by atoms with Gasteiger partial charge in [-0.1, -0.05) is 12.8 Å². The van der Waals surface area contributed by atoms with Crippen LogP contribution in [-0.2, 0) is 4.79 Å². The number of isocyanates is 1. The second-order valence-corrected chi connectivity index (χ2v) is 3.78. The van der Waals surface area contributed by atoms with Gasteiger partial charge in [-0.15, -0.1) is 0 Å². The Kier molecular flexibility index (Phi) is 1.79. The number of rotatable bonds is 2. The Labute approximate surface area is 66.7 Å². The summed E-state index contributed by atoms with van der Waals surface area (Å²) in [6.07, 6.45) is 7.14. The molecule has 0 N–H and O–H groups in total. The molecule has 3 atom stereocenters. The Hall–Kier alpha value is -0.620. The van der Waals surface area contributed by atoms with Crippen molar-refractivity contribution < 1.29 is 4.79 Å². The van der Waals surface area contributed by atoms with Crippen molar-refractivity contribution >= 4 is 6.08 Å². The van der Waals surface area contributed by atoms with E-state index in [-0.39, 0.29) is 0 Å². The van der Waals surface area contributed by atoms with E-state index in [4.69, 9.17) is 0 Å². The summed E-state index contributed by atoms with van der Waals surface area (Å²) in [5.41, 5.74) is 0. The van der Waals surface area contributed by atoms with Crippen LogP contribution in [0.25, 0.3) is 0 Å². The fourth-order valence-electron chi connectivity index (χ4n) is 2.71. The smallest absolute Gasteiger partial charge is 0.211 e. The molecule has 0 saturated heterocycles. The topological polar surface area (TPSA) is 29.4 Å². The summed E-state index contributed by atoms with van der Waals surface area (Å²) in [5.74, 6) is 2.62. The first-order valence-corrected chi connectivity index (χ1v) is 4.45. The van der Waals surface area contributed by atoms with Crippen LogP contribution in [0.4, 0.5) is 0 Å². The largest absolute Gasteiger partial charge is 0.234 e. The summed E-state index contributed by atoms with van der Waals surface area (Å²) >= 11 is 0. The Morgan fingerprint density at radius 3 is 3.09 bits per heavy atom. The molecule has 0 bridgehead atoms. The minimum Gasteiger partial charge on any atom is -0.211 e. The van der Waals surface area contributed by atoms with Gasteiger partial charge in [-0.3, -0.25) is 0 Å². The average Bonchev–Trinajstić information content (AvgIpc) is 2.33. The molecule has 0 aromatic rings. The number of aliphatic imine (C=N–C) groups is 1. The number of nitrogens with zero attached hydrogens (tertiary/aromatic N) is 1. The summed E-state index contributed by atoms with van der Waals surface area (Å²) in [6.45, 7) is 0.741. The fraction of sp³-hybridized carbons (Fsp3) is 0.889. The van der Waals surface area contributed by atoms with Crippen LogP contribution in [-0.4, -0.2) is 12.6 Å². The third-order valence-electron chi connectivity index (χ3n) is 3.32. The molecule has 2 saturated carbocycles. The van der Waals surface area contributed by atoms with Crippen LogP contribution < -0.4 is 0 Å². The monoisotopic (exact) mass is 151 g/mol. The lowest BCUT2D eigenvalue weighted by Gasteiger charge is -2.39. The van der Waals surface area contributed by atoms with Crippen LogP contribution in [0.2, 0.25) is 0 Å². The van der Waals surface area contributed by atoms with E-state index in [1.807, 2.05) is 0 Å². The van der Waals surface area contributed by atoms with Gasteiger partial charge in [-0.2, -0.15) is 0 Å². The maximum Gasteiger partial charge on any atom is 0.234 e. The minimum atomic E-state index is 0.726. The van der Waals surface area contributed by atoms with Crippen LogP contribution >= 0.6 is 0 Å². The van der Waals surface area contributed by atoms with Crippen LogP contribution in [0.1, 0.15) is 25.7 Å². The van der Waals surface area contributed by atoms with Crippen molar-refractivity contribution in [3.05, 3.63) is 0 Å². The highest BCUT2D eigenvalue weighted by Gasteiger charge is 2.43. The number of carbonyl (C=O) groups excluding carboxylic acids is 1. The van der Waals surface area contributed by atoms with Crippen LogP contribution in [0, 0.1) is 17.8 Å². The highest BCUT2D eigenvalue weighted by Crippen LogP contribution is 2.50. The fourth-order valence-corrected chi connectivity index (χ4v) is 2.71. The van der Waals surface area contributed by atoms with Gasteiger partial charge in [-0.05, 0) is 30.6 Å². The third kappa shape index (κ3) is 1.12. The van der Waals surface area contributed by atoms with Crippen molar-refractivity contribution in [2.45, 2.75) is 25.7 Å².